The van der Waals surface area contributed by atoms with Gasteiger partial charge < -0.3 is 0 Å². The second-order valence-electron chi connectivity index (χ2n) is 8.72. The Morgan fingerprint density at radius 2 is 0.875 bits per heavy atom. The SMILES string of the molecule is [CH](Cc1ccccc1)C(CCc1ccc(CCc2ccccc2)cc1)Cc1ccccc1. The molecule has 0 aliphatic heterocycles. The lowest BCUT2D eigenvalue weighted by Crippen LogP contribution is -2.09. The van der Waals surface area contributed by atoms with E-state index in [1.165, 1.54) is 34.2 Å². The minimum Gasteiger partial charge on any atom is -0.0622 e. The zero-order valence-electron chi connectivity index (χ0n) is 18.9. The quantitative estimate of drug-likeness (QED) is 0.234. The molecule has 4 rings (SSSR count). The average Bonchev–Trinajstić information content (AvgIpc) is 2.87. The van der Waals surface area contributed by atoms with Gasteiger partial charge in [0.15, 0.2) is 0 Å². The van der Waals surface area contributed by atoms with Crippen molar-refractivity contribution in [3.8, 4) is 0 Å². The first kappa shape index (κ1) is 22.1. The van der Waals surface area contributed by atoms with Crippen LogP contribution in [0.1, 0.15) is 34.2 Å². The van der Waals surface area contributed by atoms with Crippen molar-refractivity contribution in [3.05, 3.63) is 149 Å². The van der Waals surface area contributed by atoms with E-state index in [2.05, 4.69) is 122 Å². The molecule has 1 radical (unpaired) electrons. The van der Waals surface area contributed by atoms with Gasteiger partial charge in [-0.25, -0.2) is 0 Å². The highest BCUT2D eigenvalue weighted by atomic mass is 14.2. The van der Waals surface area contributed by atoms with E-state index in [-0.39, 0.29) is 0 Å². The molecular weight excluding hydrogens is 384 g/mol. The Labute approximate surface area is 194 Å². The summed E-state index contributed by atoms with van der Waals surface area (Å²) in [6.07, 6.45) is 9.20. The molecule has 32 heavy (non-hydrogen) atoms. The molecule has 1 atom stereocenters. The molecule has 0 nitrogen and oxygen atoms in total. The van der Waals surface area contributed by atoms with E-state index in [1.807, 2.05) is 0 Å². The third kappa shape index (κ3) is 7.24. The van der Waals surface area contributed by atoms with Crippen molar-refractivity contribution in [2.24, 2.45) is 5.92 Å². The number of hydrogen-bond donors (Lipinski definition) is 0. The zero-order valence-corrected chi connectivity index (χ0v) is 18.9. The second-order valence-corrected chi connectivity index (χ2v) is 8.72. The maximum Gasteiger partial charge on any atom is -0.0238 e. The topological polar surface area (TPSA) is 0 Å². The number of aryl methyl sites for hydroxylation is 3. The Morgan fingerprint density at radius 3 is 1.44 bits per heavy atom. The second kappa shape index (κ2) is 12.1. The van der Waals surface area contributed by atoms with E-state index in [9.17, 15) is 0 Å². The van der Waals surface area contributed by atoms with Crippen LogP contribution < -0.4 is 0 Å². The average molecular weight is 418 g/mol. The molecule has 0 spiro atoms. The van der Waals surface area contributed by atoms with Gasteiger partial charge in [-0.3, -0.25) is 0 Å². The van der Waals surface area contributed by atoms with Gasteiger partial charge in [-0.1, -0.05) is 115 Å². The summed E-state index contributed by atoms with van der Waals surface area (Å²) < 4.78 is 0. The predicted octanol–water partition coefficient (Wildman–Crippen LogP) is 7.71. The van der Waals surface area contributed by atoms with Crippen LogP contribution in [0.4, 0.5) is 0 Å². The Balaban J connectivity index is 1.32. The molecule has 4 aromatic rings. The minimum absolute atomic E-state index is 0.579. The first-order valence-corrected chi connectivity index (χ1v) is 11.9. The van der Waals surface area contributed by atoms with Crippen LogP contribution in [0, 0.1) is 12.3 Å². The molecule has 0 fully saturated rings. The van der Waals surface area contributed by atoms with Gasteiger partial charge in [0.25, 0.3) is 0 Å². The predicted molar refractivity (Wildman–Crippen MR) is 137 cm³/mol. The molecule has 0 N–H and O–H groups in total. The fourth-order valence-electron chi connectivity index (χ4n) is 4.29. The van der Waals surface area contributed by atoms with Gasteiger partial charge in [-0.15, -0.1) is 0 Å². The van der Waals surface area contributed by atoms with Crippen LogP contribution in [0.15, 0.2) is 115 Å². The van der Waals surface area contributed by atoms with Crippen molar-refractivity contribution in [1.82, 2.24) is 0 Å². The van der Waals surface area contributed by atoms with Gasteiger partial charge in [0, 0.05) is 0 Å². The van der Waals surface area contributed by atoms with Gasteiger partial charge in [0.2, 0.25) is 0 Å². The van der Waals surface area contributed by atoms with Crippen LogP contribution in [-0.4, -0.2) is 0 Å². The highest BCUT2D eigenvalue weighted by Gasteiger charge is 2.11. The van der Waals surface area contributed by atoms with E-state index in [4.69, 9.17) is 0 Å². The van der Waals surface area contributed by atoms with Crippen LogP contribution in [0.5, 0.6) is 0 Å². The van der Waals surface area contributed by atoms with E-state index in [0.29, 0.717) is 5.92 Å². The van der Waals surface area contributed by atoms with Crippen LogP contribution in [0.25, 0.3) is 0 Å². The van der Waals surface area contributed by atoms with Gasteiger partial charge in [0.05, 0.1) is 0 Å². The lowest BCUT2D eigenvalue weighted by molar-refractivity contribution is 0.539. The molecule has 0 aromatic heterocycles. The third-order valence-corrected chi connectivity index (χ3v) is 6.24. The smallest absolute Gasteiger partial charge is 0.0238 e. The van der Waals surface area contributed by atoms with E-state index in [1.54, 1.807) is 0 Å². The van der Waals surface area contributed by atoms with Gasteiger partial charge in [0.1, 0.15) is 0 Å². The molecule has 1 unspecified atom stereocenters. The molecule has 0 aliphatic rings. The summed E-state index contributed by atoms with van der Waals surface area (Å²) in [5, 5.41) is 0. The van der Waals surface area contributed by atoms with Crippen LogP contribution in [0.3, 0.4) is 0 Å². The molecule has 0 saturated carbocycles. The van der Waals surface area contributed by atoms with Crippen LogP contribution in [-0.2, 0) is 32.1 Å². The molecule has 0 aliphatic carbocycles. The molecule has 0 heteroatoms. The van der Waals surface area contributed by atoms with E-state index in [0.717, 1.165) is 32.1 Å². The highest BCUT2D eigenvalue weighted by Crippen LogP contribution is 2.21. The fourth-order valence-corrected chi connectivity index (χ4v) is 4.29. The Bertz CT molecular complexity index is 1020. The van der Waals surface area contributed by atoms with Crippen molar-refractivity contribution in [2.45, 2.75) is 38.5 Å². The largest absolute Gasteiger partial charge is 0.0622 e. The Hall–Kier alpha value is -3.12. The Kier molecular flexibility index (Phi) is 8.32. The van der Waals surface area contributed by atoms with Crippen molar-refractivity contribution in [3.63, 3.8) is 0 Å². The maximum atomic E-state index is 2.52. The summed E-state index contributed by atoms with van der Waals surface area (Å²) in [5.74, 6) is 0.579. The monoisotopic (exact) mass is 417 g/mol. The molecule has 0 bridgehead atoms. The van der Waals surface area contributed by atoms with Crippen LogP contribution >= 0.6 is 0 Å². The first-order valence-electron chi connectivity index (χ1n) is 11.9. The van der Waals surface area contributed by atoms with Crippen LogP contribution in [0.2, 0.25) is 0 Å². The van der Waals surface area contributed by atoms with Gasteiger partial charge in [-0.05, 0) is 78.7 Å². The lowest BCUT2D eigenvalue weighted by Gasteiger charge is -2.17. The summed E-state index contributed by atoms with van der Waals surface area (Å²) in [5.41, 5.74) is 7.11. The standard InChI is InChI=1S/C32H33/c1-4-10-27(11-5-1)16-17-29-18-20-30(21-19-29)23-25-32(26-31-14-8-3-9-15-31)24-22-28-12-6-2-7-13-28/h1-15,18-21,24,32H,16-17,22-23,25-26H2. The lowest BCUT2D eigenvalue weighted by atomic mass is 9.88. The number of hydrogen-bond acceptors (Lipinski definition) is 0. The molecule has 0 amide bonds. The van der Waals surface area contributed by atoms with E-state index >= 15 is 0 Å². The summed E-state index contributed by atoms with van der Waals surface area (Å²) in [6.45, 7) is 0. The fraction of sp³-hybridized carbons (Fsp3) is 0.219. The van der Waals surface area contributed by atoms with Crippen molar-refractivity contribution in [2.75, 3.05) is 0 Å². The first-order chi connectivity index (χ1) is 15.8. The highest BCUT2D eigenvalue weighted by molar-refractivity contribution is 5.25. The zero-order chi connectivity index (χ0) is 21.8. The van der Waals surface area contributed by atoms with Crippen molar-refractivity contribution >= 4 is 0 Å². The maximum absolute atomic E-state index is 2.52. The minimum atomic E-state index is 0.579. The Morgan fingerprint density at radius 1 is 0.438 bits per heavy atom. The number of rotatable bonds is 11. The molecule has 161 valence electrons. The number of benzene rings is 4. The van der Waals surface area contributed by atoms with Crippen molar-refractivity contribution < 1.29 is 0 Å². The van der Waals surface area contributed by atoms with E-state index < -0.39 is 0 Å². The molecule has 0 saturated heterocycles. The third-order valence-electron chi connectivity index (χ3n) is 6.24. The van der Waals surface area contributed by atoms with Crippen molar-refractivity contribution in [1.29, 1.82) is 0 Å². The summed E-state index contributed by atoms with van der Waals surface area (Å²) in [4.78, 5) is 0. The molecule has 4 aromatic carbocycles. The molecule has 0 heterocycles. The van der Waals surface area contributed by atoms with Gasteiger partial charge in [-0.2, -0.15) is 0 Å². The summed E-state index contributed by atoms with van der Waals surface area (Å²) in [7, 11) is 0. The summed E-state index contributed by atoms with van der Waals surface area (Å²) in [6, 6.07) is 41.8. The van der Waals surface area contributed by atoms with Gasteiger partial charge >= 0.3 is 0 Å². The normalized spacial score (nSPS) is 11.9. The summed E-state index contributed by atoms with van der Waals surface area (Å²) >= 11 is 0. The molecular formula is C32H33.